The third-order valence-electron chi connectivity index (χ3n) is 2.69. The maximum Gasteiger partial charge on any atom is 0.344 e. The molecule has 0 aliphatic rings. The van der Waals surface area contributed by atoms with Gasteiger partial charge < -0.3 is 14.8 Å². The molecule has 22 heavy (non-hydrogen) atoms. The lowest BCUT2D eigenvalue weighted by atomic mass is 10.1. The van der Waals surface area contributed by atoms with Gasteiger partial charge in [-0.1, -0.05) is 6.07 Å². The fraction of sp³-hybridized carbons (Fsp3) is 0.400. The highest BCUT2D eigenvalue weighted by molar-refractivity contribution is 5.97. The Morgan fingerprint density at radius 2 is 1.73 bits per heavy atom. The van der Waals surface area contributed by atoms with Gasteiger partial charge in [0.1, 0.15) is 5.75 Å². The van der Waals surface area contributed by atoms with E-state index in [1.54, 1.807) is 12.1 Å². The maximum absolute atomic E-state index is 11.6. The molecule has 0 radical (unpaired) electrons. The second kappa shape index (κ2) is 8.02. The number of urea groups is 1. The molecule has 1 aromatic rings. The number of hydrogen-bond donors (Lipinski definition) is 2. The van der Waals surface area contributed by atoms with E-state index in [1.165, 1.54) is 14.0 Å². The van der Waals surface area contributed by atoms with Crippen LogP contribution in [0.5, 0.6) is 5.75 Å². The van der Waals surface area contributed by atoms with E-state index in [1.807, 2.05) is 25.2 Å². The average Bonchev–Trinajstić information content (AvgIpc) is 2.43. The molecule has 0 bridgehead atoms. The van der Waals surface area contributed by atoms with Crippen LogP contribution in [0.1, 0.15) is 18.1 Å². The molecular weight excluding hydrogens is 288 g/mol. The van der Waals surface area contributed by atoms with Crippen LogP contribution >= 0.6 is 0 Å². The molecule has 3 amide bonds. The third kappa shape index (κ3) is 5.82. The van der Waals surface area contributed by atoms with Gasteiger partial charge >= 0.3 is 12.0 Å². The zero-order chi connectivity index (χ0) is 16.7. The van der Waals surface area contributed by atoms with E-state index < -0.39 is 24.0 Å². The van der Waals surface area contributed by atoms with Gasteiger partial charge in [0.05, 0.1) is 0 Å². The first-order chi connectivity index (χ1) is 10.3. The number of benzene rings is 1. The van der Waals surface area contributed by atoms with Crippen molar-refractivity contribution in [3.63, 3.8) is 0 Å². The summed E-state index contributed by atoms with van der Waals surface area (Å²) in [4.78, 5) is 34.1. The lowest BCUT2D eigenvalue weighted by molar-refractivity contribution is -0.156. The number of hydrogen-bond acceptors (Lipinski definition) is 5. The molecule has 7 nitrogen and oxygen atoms in total. The molecule has 0 aromatic heterocycles. The predicted octanol–water partition coefficient (Wildman–Crippen LogP) is 1.07. The lowest BCUT2D eigenvalue weighted by Gasteiger charge is -2.13. The van der Waals surface area contributed by atoms with Crippen molar-refractivity contribution in [3.05, 3.63) is 29.3 Å². The zero-order valence-corrected chi connectivity index (χ0v) is 13.1. The van der Waals surface area contributed by atoms with Gasteiger partial charge in [0.25, 0.3) is 5.91 Å². The Balaban J connectivity index is 2.45. The van der Waals surface area contributed by atoms with Crippen molar-refractivity contribution in [2.24, 2.45) is 0 Å². The van der Waals surface area contributed by atoms with Crippen LogP contribution in [0.3, 0.4) is 0 Å². The summed E-state index contributed by atoms with van der Waals surface area (Å²) in [7, 11) is 1.37. The van der Waals surface area contributed by atoms with Crippen molar-refractivity contribution in [2.75, 3.05) is 13.7 Å². The van der Waals surface area contributed by atoms with Gasteiger partial charge in [-0.15, -0.1) is 0 Å². The van der Waals surface area contributed by atoms with Crippen LogP contribution in [-0.4, -0.2) is 37.7 Å². The first kappa shape index (κ1) is 17.5. The average molecular weight is 308 g/mol. The SMILES string of the molecule is CNC(=O)NC(=O)[C@H](C)OC(=O)COc1cc(C)cc(C)c1. The van der Waals surface area contributed by atoms with Crippen LogP contribution in [0, 0.1) is 13.8 Å². The van der Waals surface area contributed by atoms with Crippen LogP contribution in [-0.2, 0) is 14.3 Å². The standard InChI is InChI=1S/C15H20N2O5/c1-9-5-10(2)7-12(6-9)21-8-13(18)22-11(3)14(19)17-15(20)16-4/h5-7,11H,8H2,1-4H3,(H2,16,17,19,20)/t11-/m0/s1. The Morgan fingerprint density at radius 1 is 1.14 bits per heavy atom. The molecule has 1 aromatic carbocycles. The molecule has 0 saturated carbocycles. The van der Waals surface area contributed by atoms with Gasteiger partial charge in [0, 0.05) is 7.05 Å². The highest BCUT2D eigenvalue weighted by Crippen LogP contribution is 2.16. The smallest absolute Gasteiger partial charge is 0.344 e. The molecule has 7 heteroatoms. The number of ether oxygens (including phenoxy) is 2. The van der Waals surface area contributed by atoms with Crippen LogP contribution in [0.25, 0.3) is 0 Å². The van der Waals surface area contributed by atoms with Crippen LogP contribution in [0.4, 0.5) is 4.79 Å². The predicted molar refractivity (Wildman–Crippen MR) is 79.6 cm³/mol. The van der Waals surface area contributed by atoms with E-state index in [9.17, 15) is 14.4 Å². The van der Waals surface area contributed by atoms with Gasteiger partial charge in [-0.2, -0.15) is 0 Å². The van der Waals surface area contributed by atoms with E-state index in [-0.39, 0.29) is 6.61 Å². The van der Waals surface area contributed by atoms with E-state index in [2.05, 4.69) is 5.32 Å². The Labute approximate surface area is 129 Å². The number of rotatable bonds is 5. The van der Waals surface area contributed by atoms with E-state index in [0.29, 0.717) is 5.75 Å². The van der Waals surface area contributed by atoms with Crippen molar-refractivity contribution >= 4 is 17.9 Å². The molecule has 2 N–H and O–H groups in total. The van der Waals surface area contributed by atoms with Crippen molar-refractivity contribution in [2.45, 2.75) is 26.9 Å². The number of imide groups is 1. The maximum atomic E-state index is 11.6. The number of esters is 1. The highest BCUT2D eigenvalue weighted by atomic mass is 16.6. The van der Waals surface area contributed by atoms with Crippen molar-refractivity contribution in [1.82, 2.24) is 10.6 Å². The second-order valence-electron chi connectivity index (χ2n) is 4.81. The molecule has 0 aliphatic carbocycles. The quantitative estimate of drug-likeness (QED) is 0.794. The Bertz CT molecular complexity index is 551. The summed E-state index contributed by atoms with van der Waals surface area (Å²) in [5.41, 5.74) is 2.03. The summed E-state index contributed by atoms with van der Waals surface area (Å²) >= 11 is 0. The van der Waals surface area contributed by atoms with E-state index in [4.69, 9.17) is 9.47 Å². The van der Waals surface area contributed by atoms with Gasteiger partial charge in [-0.25, -0.2) is 9.59 Å². The summed E-state index contributed by atoms with van der Waals surface area (Å²) < 4.78 is 10.2. The minimum Gasteiger partial charge on any atom is -0.482 e. The highest BCUT2D eigenvalue weighted by Gasteiger charge is 2.19. The summed E-state index contributed by atoms with van der Waals surface area (Å²) in [5, 5.41) is 4.24. The largest absolute Gasteiger partial charge is 0.482 e. The van der Waals surface area contributed by atoms with Crippen LogP contribution < -0.4 is 15.4 Å². The summed E-state index contributed by atoms with van der Waals surface area (Å²) in [5.74, 6) is -0.852. The van der Waals surface area contributed by atoms with Crippen LogP contribution in [0.2, 0.25) is 0 Å². The topological polar surface area (TPSA) is 93.7 Å². The Morgan fingerprint density at radius 3 is 2.27 bits per heavy atom. The number of carbonyl (C=O) groups excluding carboxylic acids is 3. The molecule has 0 saturated heterocycles. The van der Waals surface area contributed by atoms with Gasteiger partial charge in [0.15, 0.2) is 12.7 Å². The monoisotopic (exact) mass is 308 g/mol. The molecular formula is C15H20N2O5. The zero-order valence-electron chi connectivity index (χ0n) is 13.1. The molecule has 0 spiro atoms. The van der Waals surface area contributed by atoms with Crippen molar-refractivity contribution < 1.29 is 23.9 Å². The minimum atomic E-state index is -1.09. The van der Waals surface area contributed by atoms with Gasteiger partial charge in [-0.3, -0.25) is 10.1 Å². The first-order valence-electron chi connectivity index (χ1n) is 6.75. The third-order valence-corrected chi connectivity index (χ3v) is 2.69. The fourth-order valence-electron chi connectivity index (χ4n) is 1.72. The summed E-state index contributed by atoms with van der Waals surface area (Å²) in [6.07, 6.45) is -1.09. The summed E-state index contributed by atoms with van der Waals surface area (Å²) in [6.45, 7) is 4.89. The molecule has 1 atom stereocenters. The van der Waals surface area contributed by atoms with Crippen molar-refractivity contribution in [3.8, 4) is 5.75 Å². The molecule has 0 unspecified atom stereocenters. The molecule has 1 rings (SSSR count). The summed E-state index contributed by atoms with van der Waals surface area (Å²) in [6, 6.07) is 4.90. The Kier molecular flexibility index (Phi) is 6.37. The Hall–Kier alpha value is -2.57. The molecule has 0 heterocycles. The van der Waals surface area contributed by atoms with E-state index in [0.717, 1.165) is 11.1 Å². The number of carbonyl (C=O) groups is 3. The number of aryl methyl sites for hydroxylation is 2. The minimum absolute atomic E-state index is 0.319. The van der Waals surface area contributed by atoms with E-state index >= 15 is 0 Å². The molecule has 120 valence electrons. The number of amides is 3. The fourth-order valence-corrected chi connectivity index (χ4v) is 1.72. The van der Waals surface area contributed by atoms with Gasteiger partial charge in [-0.05, 0) is 44.0 Å². The second-order valence-corrected chi connectivity index (χ2v) is 4.81. The lowest BCUT2D eigenvalue weighted by Crippen LogP contribution is -2.43. The van der Waals surface area contributed by atoms with Gasteiger partial charge in [0.2, 0.25) is 0 Å². The normalized spacial score (nSPS) is 11.3. The van der Waals surface area contributed by atoms with Crippen LogP contribution in [0.15, 0.2) is 18.2 Å². The molecule has 0 aliphatic heterocycles. The molecule has 0 fully saturated rings. The first-order valence-corrected chi connectivity index (χ1v) is 6.75. The number of nitrogens with one attached hydrogen (secondary N) is 2. The van der Waals surface area contributed by atoms with Crippen molar-refractivity contribution in [1.29, 1.82) is 0 Å².